The van der Waals surface area contributed by atoms with Gasteiger partial charge >= 0.3 is 0 Å². The van der Waals surface area contributed by atoms with Crippen molar-refractivity contribution in [3.63, 3.8) is 0 Å². The molecular weight excluding hydrogens is 300 g/mol. The second kappa shape index (κ2) is 6.94. The molecule has 0 radical (unpaired) electrons. The number of piperidine rings is 1. The molecule has 122 valence electrons. The molecule has 0 N–H and O–H groups in total. The third-order valence-electron chi connectivity index (χ3n) is 4.41. The van der Waals surface area contributed by atoms with Crippen LogP contribution in [-0.4, -0.2) is 23.9 Å². The van der Waals surface area contributed by atoms with Gasteiger partial charge < -0.3 is 9.32 Å². The smallest absolute Gasteiger partial charge is 0.257 e. The average molecular weight is 319 g/mol. The lowest BCUT2D eigenvalue weighted by atomic mass is 9.91. The Morgan fingerprint density at radius 3 is 2.91 bits per heavy atom. The van der Waals surface area contributed by atoms with Gasteiger partial charge in [0.1, 0.15) is 17.9 Å². The van der Waals surface area contributed by atoms with Crippen LogP contribution >= 0.6 is 0 Å². The zero-order valence-corrected chi connectivity index (χ0v) is 12.8. The van der Waals surface area contributed by atoms with Crippen LogP contribution in [0.5, 0.6) is 0 Å². The summed E-state index contributed by atoms with van der Waals surface area (Å²) in [7, 11) is 0. The number of aryl methyl sites for hydroxylation is 1. The van der Waals surface area contributed by atoms with Gasteiger partial charge in [-0.3, -0.25) is 4.79 Å². The summed E-state index contributed by atoms with van der Waals surface area (Å²) in [5.41, 5.74) is 1.10. The van der Waals surface area contributed by atoms with Crippen molar-refractivity contribution in [3.05, 3.63) is 59.6 Å². The van der Waals surface area contributed by atoms with Crippen molar-refractivity contribution in [2.24, 2.45) is 5.92 Å². The number of halogens is 2. The molecule has 1 aliphatic rings. The van der Waals surface area contributed by atoms with E-state index >= 15 is 0 Å². The molecule has 1 aromatic carbocycles. The van der Waals surface area contributed by atoms with E-state index < -0.39 is 11.6 Å². The van der Waals surface area contributed by atoms with Crippen LogP contribution < -0.4 is 0 Å². The SMILES string of the molecule is O=C(c1ccoc1)N1CCC[C@@H](CCc2ccc(F)cc2F)C1. The average Bonchev–Trinajstić information content (AvgIpc) is 3.08. The largest absolute Gasteiger partial charge is 0.472 e. The van der Waals surface area contributed by atoms with Crippen LogP contribution in [0.3, 0.4) is 0 Å². The van der Waals surface area contributed by atoms with Crippen molar-refractivity contribution in [2.75, 3.05) is 13.1 Å². The molecule has 23 heavy (non-hydrogen) atoms. The van der Waals surface area contributed by atoms with Gasteiger partial charge in [-0.1, -0.05) is 6.07 Å². The summed E-state index contributed by atoms with van der Waals surface area (Å²) in [4.78, 5) is 14.2. The van der Waals surface area contributed by atoms with Crippen LogP contribution in [0.25, 0.3) is 0 Å². The van der Waals surface area contributed by atoms with Crippen molar-refractivity contribution < 1.29 is 18.0 Å². The summed E-state index contributed by atoms with van der Waals surface area (Å²) in [6, 6.07) is 5.38. The standard InChI is InChI=1S/C18H19F2NO2/c19-16-6-5-14(17(20)10-16)4-3-13-2-1-8-21(11-13)18(22)15-7-9-23-12-15/h5-7,9-10,12-13H,1-4,8,11H2/t13-/m0/s1. The second-order valence-corrected chi connectivity index (χ2v) is 6.05. The fourth-order valence-electron chi connectivity index (χ4n) is 3.14. The molecule has 0 saturated carbocycles. The summed E-state index contributed by atoms with van der Waals surface area (Å²) in [6.07, 6.45) is 6.27. The van der Waals surface area contributed by atoms with E-state index in [1.165, 1.54) is 24.7 Å². The molecule has 2 heterocycles. The number of hydrogen-bond donors (Lipinski definition) is 0. The number of rotatable bonds is 4. The van der Waals surface area contributed by atoms with Gasteiger partial charge in [0.25, 0.3) is 5.91 Å². The Kier molecular flexibility index (Phi) is 4.74. The van der Waals surface area contributed by atoms with Crippen LogP contribution in [0, 0.1) is 17.6 Å². The molecule has 0 spiro atoms. The minimum atomic E-state index is -0.555. The highest BCUT2D eigenvalue weighted by atomic mass is 19.1. The van der Waals surface area contributed by atoms with Gasteiger partial charge in [0.05, 0.1) is 11.8 Å². The zero-order chi connectivity index (χ0) is 16.2. The van der Waals surface area contributed by atoms with Crippen LogP contribution in [-0.2, 0) is 6.42 Å². The summed E-state index contributed by atoms with van der Waals surface area (Å²) in [5.74, 6) is -0.728. The van der Waals surface area contributed by atoms with Gasteiger partial charge in [-0.15, -0.1) is 0 Å². The minimum absolute atomic E-state index is 0.0172. The normalized spacial score (nSPS) is 18.2. The lowest BCUT2D eigenvalue weighted by Gasteiger charge is -2.32. The summed E-state index contributed by atoms with van der Waals surface area (Å²) < 4.78 is 31.6. The highest BCUT2D eigenvalue weighted by molar-refractivity contribution is 5.93. The molecule has 1 amide bonds. The van der Waals surface area contributed by atoms with Gasteiger partial charge in [0.15, 0.2) is 0 Å². The molecule has 0 bridgehead atoms. The van der Waals surface area contributed by atoms with Gasteiger partial charge in [0, 0.05) is 19.2 Å². The number of furan rings is 1. The number of carbonyl (C=O) groups is 1. The Morgan fingerprint density at radius 2 is 2.17 bits per heavy atom. The fourth-order valence-corrected chi connectivity index (χ4v) is 3.14. The first kappa shape index (κ1) is 15.7. The molecule has 0 aliphatic carbocycles. The molecule has 1 aliphatic heterocycles. The molecule has 1 fully saturated rings. The van der Waals surface area contributed by atoms with E-state index in [1.807, 2.05) is 4.90 Å². The summed E-state index contributed by atoms with van der Waals surface area (Å²) >= 11 is 0. The maximum absolute atomic E-state index is 13.7. The number of carbonyl (C=O) groups excluding carboxylic acids is 1. The fraction of sp³-hybridized carbons (Fsp3) is 0.389. The number of likely N-dealkylation sites (tertiary alicyclic amines) is 1. The molecule has 1 atom stereocenters. The molecule has 5 heteroatoms. The van der Waals surface area contributed by atoms with Crippen LogP contribution in [0.2, 0.25) is 0 Å². The number of benzene rings is 1. The Hall–Kier alpha value is -2.17. The molecule has 0 unspecified atom stereocenters. The third kappa shape index (κ3) is 3.78. The third-order valence-corrected chi connectivity index (χ3v) is 4.41. The van der Waals surface area contributed by atoms with E-state index in [0.717, 1.165) is 31.9 Å². The van der Waals surface area contributed by atoms with Crippen molar-refractivity contribution in [3.8, 4) is 0 Å². The van der Waals surface area contributed by atoms with Crippen molar-refractivity contribution >= 4 is 5.91 Å². The first-order valence-corrected chi connectivity index (χ1v) is 7.89. The second-order valence-electron chi connectivity index (χ2n) is 6.05. The number of nitrogens with zero attached hydrogens (tertiary/aromatic N) is 1. The Morgan fingerprint density at radius 1 is 1.30 bits per heavy atom. The van der Waals surface area contributed by atoms with Crippen molar-refractivity contribution in [1.82, 2.24) is 4.90 Å². The quantitative estimate of drug-likeness (QED) is 0.852. The molecule has 3 nitrogen and oxygen atoms in total. The maximum Gasteiger partial charge on any atom is 0.257 e. The lowest BCUT2D eigenvalue weighted by Crippen LogP contribution is -2.39. The Labute approximate surface area is 133 Å². The summed E-state index contributed by atoms with van der Waals surface area (Å²) in [5, 5.41) is 0. The predicted molar refractivity (Wildman–Crippen MR) is 82.0 cm³/mol. The van der Waals surface area contributed by atoms with Crippen LogP contribution in [0.15, 0.2) is 41.2 Å². The Bertz CT molecular complexity index is 670. The molecule has 3 rings (SSSR count). The van der Waals surface area contributed by atoms with E-state index in [1.54, 1.807) is 6.07 Å². The van der Waals surface area contributed by atoms with E-state index in [0.29, 0.717) is 30.0 Å². The highest BCUT2D eigenvalue weighted by Crippen LogP contribution is 2.24. The molecule has 1 aromatic heterocycles. The number of amides is 1. The van der Waals surface area contributed by atoms with Crippen molar-refractivity contribution in [2.45, 2.75) is 25.7 Å². The highest BCUT2D eigenvalue weighted by Gasteiger charge is 2.25. The van der Waals surface area contributed by atoms with Crippen LogP contribution in [0.4, 0.5) is 8.78 Å². The van der Waals surface area contributed by atoms with Gasteiger partial charge in [-0.05, 0) is 49.3 Å². The first-order valence-electron chi connectivity index (χ1n) is 7.89. The van der Waals surface area contributed by atoms with E-state index in [9.17, 15) is 13.6 Å². The Balaban J connectivity index is 1.57. The lowest BCUT2D eigenvalue weighted by molar-refractivity contribution is 0.0667. The van der Waals surface area contributed by atoms with E-state index in [4.69, 9.17) is 4.42 Å². The van der Waals surface area contributed by atoms with Gasteiger partial charge in [0.2, 0.25) is 0 Å². The van der Waals surface area contributed by atoms with E-state index in [-0.39, 0.29) is 5.91 Å². The predicted octanol–water partition coefficient (Wildman–Crippen LogP) is 4.04. The van der Waals surface area contributed by atoms with Crippen molar-refractivity contribution in [1.29, 1.82) is 0 Å². The minimum Gasteiger partial charge on any atom is -0.472 e. The molecule has 2 aromatic rings. The maximum atomic E-state index is 13.7. The van der Waals surface area contributed by atoms with Crippen LogP contribution in [0.1, 0.15) is 35.2 Å². The molecular formula is C18H19F2NO2. The zero-order valence-electron chi connectivity index (χ0n) is 12.8. The summed E-state index contributed by atoms with van der Waals surface area (Å²) in [6.45, 7) is 1.41. The number of hydrogen-bond acceptors (Lipinski definition) is 2. The monoisotopic (exact) mass is 319 g/mol. The van der Waals surface area contributed by atoms with Gasteiger partial charge in [-0.25, -0.2) is 8.78 Å². The topological polar surface area (TPSA) is 33.5 Å². The molecule has 1 saturated heterocycles. The van der Waals surface area contributed by atoms with Gasteiger partial charge in [-0.2, -0.15) is 0 Å². The first-order chi connectivity index (χ1) is 11.1. The van der Waals surface area contributed by atoms with E-state index in [2.05, 4.69) is 0 Å².